The molecule has 3 heteroatoms. The molecule has 8 aromatic carbocycles. The highest BCUT2D eigenvalue weighted by molar-refractivity contribution is 6.24. The summed E-state index contributed by atoms with van der Waals surface area (Å²) in [4.78, 5) is 2.42. The zero-order chi connectivity index (χ0) is 32.3. The molecular weight excluding hydrogens is 597 g/mol. The fourth-order valence-corrected chi connectivity index (χ4v) is 7.62. The number of fused-ring (bicyclic) bond motifs is 8. The lowest BCUT2D eigenvalue weighted by atomic mass is 10.0. The van der Waals surface area contributed by atoms with Gasteiger partial charge in [-0.15, -0.1) is 0 Å². The van der Waals surface area contributed by atoms with Gasteiger partial charge >= 0.3 is 0 Å². The van der Waals surface area contributed by atoms with Crippen LogP contribution >= 0.6 is 0 Å². The van der Waals surface area contributed by atoms with Gasteiger partial charge in [0.2, 0.25) is 0 Å². The van der Waals surface area contributed by atoms with Gasteiger partial charge in [0.05, 0.1) is 27.8 Å². The van der Waals surface area contributed by atoms with Crippen molar-refractivity contribution in [3.63, 3.8) is 0 Å². The molecule has 2 heterocycles. The number of hydrogen-bond donors (Lipinski definition) is 0. The summed E-state index contributed by atoms with van der Waals surface area (Å²) in [7, 11) is 0. The predicted molar refractivity (Wildman–Crippen MR) is 206 cm³/mol. The maximum Gasteiger partial charge on any atom is 0.137 e. The second kappa shape index (κ2) is 11.0. The summed E-state index contributed by atoms with van der Waals surface area (Å²) >= 11 is 0. The number of rotatable bonds is 5. The van der Waals surface area contributed by atoms with Crippen LogP contribution in [0.3, 0.4) is 0 Å². The molecule has 10 rings (SSSR count). The van der Waals surface area contributed by atoms with E-state index in [1.807, 2.05) is 6.07 Å². The Kier molecular flexibility index (Phi) is 6.18. The summed E-state index contributed by atoms with van der Waals surface area (Å²) in [6, 6.07) is 64.9. The van der Waals surface area contributed by atoms with E-state index < -0.39 is 0 Å². The van der Waals surface area contributed by atoms with Crippen molar-refractivity contribution in [2.75, 3.05) is 4.90 Å². The fourth-order valence-electron chi connectivity index (χ4n) is 7.62. The van der Waals surface area contributed by atoms with Crippen LogP contribution in [0.1, 0.15) is 0 Å². The lowest BCUT2D eigenvalue weighted by Crippen LogP contribution is -2.11. The zero-order valence-electron chi connectivity index (χ0n) is 26.6. The molecule has 0 fully saturated rings. The SMILES string of the molecule is c1ccc(-c2ccc(N(c3cccc4oc5ccccc5c34)c3cccc4c3c3ccc5ccccc5c3n4-c3ccccc3)cc2)cc1. The lowest BCUT2D eigenvalue weighted by molar-refractivity contribution is 0.669. The first-order valence-electron chi connectivity index (χ1n) is 16.7. The molecular formula is C46H30N2O. The minimum atomic E-state index is 0.870. The third-order valence-corrected chi connectivity index (χ3v) is 9.76. The Hall–Kier alpha value is -6.58. The number of para-hydroxylation sites is 2. The van der Waals surface area contributed by atoms with E-state index in [9.17, 15) is 0 Å². The Morgan fingerprint density at radius 1 is 0.408 bits per heavy atom. The molecule has 0 amide bonds. The topological polar surface area (TPSA) is 21.3 Å². The van der Waals surface area contributed by atoms with Gasteiger partial charge in [-0.2, -0.15) is 0 Å². The Morgan fingerprint density at radius 2 is 1.04 bits per heavy atom. The van der Waals surface area contributed by atoms with Crippen molar-refractivity contribution in [1.29, 1.82) is 0 Å². The third kappa shape index (κ3) is 4.29. The number of hydrogen-bond acceptors (Lipinski definition) is 2. The van der Waals surface area contributed by atoms with E-state index in [0.717, 1.165) is 50.2 Å². The van der Waals surface area contributed by atoms with Crippen molar-refractivity contribution in [2.24, 2.45) is 0 Å². The second-order valence-electron chi connectivity index (χ2n) is 12.5. The first kappa shape index (κ1) is 27.5. The highest BCUT2D eigenvalue weighted by Gasteiger charge is 2.24. The van der Waals surface area contributed by atoms with Crippen LogP contribution in [-0.2, 0) is 0 Å². The molecule has 0 aliphatic heterocycles. The summed E-state index contributed by atoms with van der Waals surface area (Å²) in [6.45, 7) is 0. The van der Waals surface area contributed by atoms with Crippen LogP contribution < -0.4 is 4.90 Å². The quantitative estimate of drug-likeness (QED) is 0.190. The second-order valence-corrected chi connectivity index (χ2v) is 12.5. The van der Waals surface area contributed by atoms with Crippen molar-refractivity contribution in [2.45, 2.75) is 0 Å². The molecule has 0 aliphatic carbocycles. The average Bonchev–Trinajstić information content (AvgIpc) is 3.73. The van der Waals surface area contributed by atoms with Crippen LogP contribution in [0.5, 0.6) is 0 Å². The minimum absolute atomic E-state index is 0.870. The first-order valence-corrected chi connectivity index (χ1v) is 16.7. The van der Waals surface area contributed by atoms with Crippen molar-refractivity contribution in [3.05, 3.63) is 182 Å². The summed E-state index contributed by atoms with van der Waals surface area (Å²) in [6.07, 6.45) is 0. The van der Waals surface area contributed by atoms with Gasteiger partial charge in [-0.3, -0.25) is 0 Å². The van der Waals surface area contributed by atoms with Crippen LogP contribution in [-0.4, -0.2) is 4.57 Å². The van der Waals surface area contributed by atoms with Gasteiger partial charge in [0, 0.05) is 32.9 Å². The molecule has 0 radical (unpaired) electrons. The van der Waals surface area contributed by atoms with Crippen LogP contribution in [0, 0.1) is 0 Å². The summed E-state index contributed by atoms with van der Waals surface area (Å²) in [5, 5.41) is 7.06. The Bertz CT molecular complexity index is 2810. The predicted octanol–water partition coefficient (Wildman–Crippen LogP) is 13.0. The van der Waals surface area contributed by atoms with Crippen LogP contribution in [0.4, 0.5) is 17.1 Å². The van der Waals surface area contributed by atoms with E-state index in [1.54, 1.807) is 0 Å². The molecule has 3 nitrogen and oxygen atoms in total. The van der Waals surface area contributed by atoms with Crippen LogP contribution in [0.2, 0.25) is 0 Å². The van der Waals surface area contributed by atoms with E-state index in [0.29, 0.717) is 0 Å². The number of benzene rings is 8. The maximum atomic E-state index is 6.43. The molecule has 0 saturated heterocycles. The highest BCUT2D eigenvalue weighted by atomic mass is 16.3. The number of furan rings is 1. The zero-order valence-corrected chi connectivity index (χ0v) is 26.6. The largest absolute Gasteiger partial charge is 0.456 e. The Labute approximate surface area is 283 Å². The van der Waals surface area contributed by atoms with Gasteiger partial charge in [-0.05, 0) is 71.1 Å². The number of aromatic nitrogens is 1. The van der Waals surface area contributed by atoms with Crippen molar-refractivity contribution >= 4 is 71.6 Å². The van der Waals surface area contributed by atoms with E-state index in [-0.39, 0.29) is 0 Å². The molecule has 0 aliphatic rings. The molecule has 0 saturated carbocycles. The van der Waals surface area contributed by atoms with E-state index >= 15 is 0 Å². The third-order valence-electron chi connectivity index (χ3n) is 9.76. The molecule has 2 aromatic heterocycles. The smallest absolute Gasteiger partial charge is 0.137 e. The minimum Gasteiger partial charge on any atom is -0.456 e. The van der Waals surface area contributed by atoms with Crippen LogP contribution in [0.15, 0.2) is 186 Å². The highest BCUT2D eigenvalue weighted by Crippen LogP contribution is 2.48. The van der Waals surface area contributed by atoms with Crippen molar-refractivity contribution in [3.8, 4) is 16.8 Å². The summed E-state index contributed by atoms with van der Waals surface area (Å²) in [5.74, 6) is 0. The molecule has 49 heavy (non-hydrogen) atoms. The van der Waals surface area contributed by atoms with Crippen LogP contribution in [0.25, 0.3) is 71.3 Å². The van der Waals surface area contributed by atoms with Gasteiger partial charge in [0.1, 0.15) is 11.2 Å². The van der Waals surface area contributed by atoms with Crippen molar-refractivity contribution < 1.29 is 4.42 Å². The molecule has 10 aromatic rings. The summed E-state index contributed by atoms with van der Waals surface area (Å²) in [5.41, 5.74) is 10.9. The maximum absolute atomic E-state index is 6.43. The molecule has 0 atom stereocenters. The molecule has 0 N–H and O–H groups in total. The molecule has 0 spiro atoms. The molecule has 0 unspecified atom stereocenters. The van der Waals surface area contributed by atoms with Gasteiger partial charge < -0.3 is 13.9 Å². The number of nitrogens with zero attached hydrogens (tertiary/aromatic N) is 2. The van der Waals surface area contributed by atoms with Crippen molar-refractivity contribution in [1.82, 2.24) is 4.57 Å². The van der Waals surface area contributed by atoms with E-state index in [4.69, 9.17) is 4.42 Å². The summed E-state index contributed by atoms with van der Waals surface area (Å²) < 4.78 is 8.86. The lowest BCUT2D eigenvalue weighted by Gasteiger charge is -2.27. The van der Waals surface area contributed by atoms with Gasteiger partial charge in [-0.1, -0.05) is 127 Å². The first-order chi connectivity index (χ1) is 24.3. The van der Waals surface area contributed by atoms with Gasteiger partial charge in [0.25, 0.3) is 0 Å². The van der Waals surface area contributed by atoms with Gasteiger partial charge in [-0.25, -0.2) is 0 Å². The standard InChI is InChI=1S/C46H30N2O/c1-3-13-31(14-4-1)32-25-28-35(29-26-32)47(41-22-12-24-43-45(41)37-19-9-10-23-42(37)49-43)39-20-11-21-40-44(39)38-30-27-33-15-7-8-18-36(33)46(38)48(40)34-16-5-2-6-17-34/h1-30H. The van der Waals surface area contributed by atoms with E-state index in [1.165, 1.54) is 38.2 Å². The number of anilines is 3. The molecule has 0 bridgehead atoms. The van der Waals surface area contributed by atoms with E-state index in [2.05, 4.69) is 185 Å². The Balaban J connectivity index is 1.32. The monoisotopic (exact) mass is 626 g/mol. The van der Waals surface area contributed by atoms with Gasteiger partial charge in [0.15, 0.2) is 0 Å². The molecule has 230 valence electrons. The Morgan fingerprint density at radius 3 is 1.86 bits per heavy atom. The fraction of sp³-hybridized carbons (Fsp3) is 0. The normalized spacial score (nSPS) is 11.7. The average molecular weight is 627 g/mol.